The number of rotatable bonds is 2. The van der Waals surface area contributed by atoms with Crippen LogP contribution in [0, 0.1) is 6.92 Å². The quantitative estimate of drug-likeness (QED) is 0.813. The van der Waals surface area contributed by atoms with Gasteiger partial charge in [-0.05, 0) is 25.5 Å². The molecule has 0 aliphatic carbocycles. The molecule has 0 radical (unpaired) electrons. The van der Waals surface area contributed by atoms with Gasteiger partial charge in [-0.1, -0.05) is 18.5 Å². The molecule has 4 nitrogen and oxygen atoms in total. The lowest BCUT2D eigenvalue weighted by molar-refractivity contribution is 0.829. The van der Waals surface area contributed by atoms with Gasteiger partial charge in [-0.3, -0.25) is 9.89 Å². The van der Waals surface area contributed by atoms with Crippen LogP contribution in [0.2, 0.25) is 5.15 Å². The third-order valence-electron chi connectivity index (χ3n) is 2.53. The second-order valence-electron chi connectivity index (χ2n) is 3.52. The molecule has 5 heteroatoms. The molecule has 0 saturated carbocycles. The zero-order valence-corrected chi connectivity index (χ0v) is 9.88. The number of hydrogen-bond acceptors (Lipinski definition) is 2. The molecule has 0 saturated heterocycles. The summed E-state index contributed by atoms with van der Waals surface area (Å²) in [5, 5.41) is 3.31. The monoisotopic (exact) mass is 237 g/mol. The number of H-pyrrole nitrogens is 1. The van der Waals surface area contributed by atoms with E-state index in [-0.39, 0.29) is 5.56 Å². The number of aryl methyl sites for hydroxylation is 1. The highest BCUT2D eigenvalue weighted by Crippen LogP contribution is 2.15. The average molecular weight is 238 g/mol. The van der Waals surface area contributed by atoms with Gasteiger partial charge in [0.1, 0.15) is 5.69 Å². The van der Waals surface area contributed by atoms with Crippen molar-refractivity contribution in [1.82, 2.24) is 14.8 Å². The predicted octanol–water partition coefficient (Wildman–Crippen LogP) is 2.08. The number of nitrogens with zero attached hydrogens (tertiary/aromatic N) is 2. The van der Waals surface area contributed by atoms with Crippen LogP contribution in [0.25, 0.3) is 5.69 Å². The van der Waals surface area contributed by atoms with E-state index >= 15 is 0 Å². The minimum atomic E-state index is -0.0603. The maximum Gasteiger partial charge on any atom is 0.274 e. The molecule has 0 bridgehead atoms. The van der Waals surface area contributed by atoms with Crippen LogP contribution in [0.3, 0.4) is 0 Å². The van der Waals surface area contributed by atoms with E-state index in [1.54, 1.807) is 18.3 Å². The van der Waals surface area contributed by atoms with E-state index in [2.05, 4.69) is 10.1 Å². The Hall–Kier alpha value is -1.55. The normalized spacial score (nSPS) is 10.7. The molecular weight excluding hydrogens is 226 g/mol. The molecule has 0 atom stereocenters. The van der Waals surface area contributed by atoms with Crippen molar-refractivity contribution < 1.29 is 0 Å². The van der Waals surface area contributed by atoms with Gasteiger partial charge in [0.05, 0.1) is 0 Å². The van der Waals surface area contributed by atoms with Crippen molar-refractivity contribution in [3.8, 4) is 5.69 Å². The first-order chi connectivity index (χ1) is 7.65. The molecule has 1 N–H and O–H groups in total. The number of pyridine rings is 1. The summed E-state index contributed by atoms with van der Waals surface area (Å²) in [6.07, 6.45) is 2.29. The lowest BCUT2D eigenvalue weighted by atomic mass is 10.2. The molecule has 84 valence electrons. The Bertz CT molecular complexity index is 571. The van der Waals surface area contributed by atoms with Crippen LogP contribution in [-0.4, -0.2) is 14.8 Å². The van der Waals surface area contributed by atoms with Crippen molar-refractivity contribution in [1.29, 1.82) is 0 Å². The zero-order chi connectivity index (χ0) is 11.7. The third-order valence-corrected chi connectivity index (χ3v) is 2.82. The minimum Gasteiger partial charge on any atom is -0.295 e. The molecule has 0 aliphatic rings. The fraction of sp³-hybridized carbons (Fsp3) is 0.273. The number of aromatic nitrogens is 3. The molecule has 0 fully saturated rings. The van der Waals surface area contributed by atoms with Crippen LogP contribution < -0.4 is 5.56 Å². The Balaban J connectivity index is 2.67. The van der Waals surface area contributed by atoms with Crippen molar-refractivity contribution in [2.75, 3.05) is 0 Å². The van der Waals surface area contributed by atoms with E-state index in [0.29, 0.717) is 17.3 Å². The Kier molecular flexibility index (Phi) is 2.83. The highest BCUT2D eigenvalue weighted by Gasteiger charge is 2.12. The number of halogens is 1. The summed E-state index contributed by atoms with van der Waals surface area (Å²) in [6, 6.07) is 3.50. The lowest BCUT2D eigenvalue weighted by Crippen LogP contribution is -2.17. The van der Waals surface area contributed by atoms with E-state index in [4.69, 9.17) is 11.6 Å². The molecule has 2 aromatic heterocycles. The van der Waals surface area contributed by atoms with Crippen molar-refractivity contribution in [3.63, 3.8) is 0 Å². The lowest BCUT2D eigenvalue weighted by Gasteiger charge is -2.02. The molecule has 0 aromatic carbocycles. The summed E-state index contributed by atoms with van der Waals surface area (Å²) in [6.45, 7) is 3.83. The molecule has 0 amide bonds. The van der Waals surface area contributed by atoms with E-state index in [1.165, 1.54) is 4.68 Å². The Morgan fingerprint density at radius 1 is 1.56 bits per heavy atom. The smallest absolute Gasteiger partial charge is 0.274 e. The molecule has 2 rings (SSSR count). The van der Waals surface area contributed by atoms with Crippen LogP contribution in [0.1, 0.15) is 18.2 Å². The fourth-order valence-corrected chi connectivity index (χ4v) is 1.92. The van der Waals surface area contributed by atoms with Crippen molar-refractivity contribution in [3.05, 3.63) is 45.1 Å². The van der Waals surface area contributed by atoms with Crippen LogP contribution in [-0.2, 0) is 6.42 Å². The third kappa shape index (κ3) is 1.65. The van der Waals surface area contributed by atoms with Crippen LogP contribution >= 0.6 is 11.6 Å². The number of hydrogen-bond donors (Lipinski definition) is 1. The van der Waals surface area contributed by atoms with Gasteiger partial charge in [-0.25, -0.2) is 9.67 Å². The highest BCUT2D eigenvalue weighted by molar-refractivity contribution is 6.31. The fourth-order valence-electron chi connectivity index (χ4n) is 1.71. The summed E-state index contributed by atoms with van der Waals surface area (Å²) < 4.78 is 1.43. The summed E-state index contributed by atoms with van der Waals surface area (Å²) >= 11 is 5.94. The SMILES string of the molecule is CCc1c(C)[nH]n(-c2cccnc2Cl)c1=O. The van der Waals surface area contributed by atoms with Gasteiger partial charge in [0.2, 0.25) is 0 Å². The second kappa shape index (κ2) is 4.14. The molecule has 2 aromatic rings. The summed E-state index contributed by atoms with van der Waals surface area (Å²) in [5.74, 6) is 0. The summed E-state index contributed by atoms with van der Waals surface area (Å²) in [7, 11) is 0. The molecule has 0 aliphatic heterocycles. The standard InChI is InChI=1S/C11H12ClN3O/c1-3-8-7(2)14-15(11(8)16)9-5-4-6-13-10(9)12/h4-6,14H,3H2,1-2H3. The van der Waals surface area contributed by atoms with E-state index in [0.717, 1.165) is 11.3 Å². The summed E-state index contributed by atoms with van der Waals surface area (Å²) in [5.41, 5.74) is 2.17. The topological polar surface area (TPSA) is 50.7 Å². The van der Waals surface area contributed by atoms with Gasteiger partial charge in [0, 0.05) is 17.5 Å². The van der Waals surface area contributed by atoms with Gasteiger partial charge < -0.3 is 0 Å². The largest absolute Gasteiger partial charge is 0.295 e. The first kappa shape index (κ1) is 11.0. The van der Waals surface area contributed by atoms with E-state index in [9.17, 15) is 4.79 Å². The van der Waals surface area contributed by atoms with Gasteiger partial charge in [-0.15, -0.1) is 0 Å². The Morgan fingerprint density at radius 3 is 2.88 bits per heavy atom. The van der Waals surface area contributed by atoms with Crippen molar-refractivity contribution >= 4 is 11.6 Å². The van der Waals surface area contributed by atoms with Gasteiger partial charge >= 0.3 is 0 Å². The van der Waals surface area contributed by atoms with Crippen LogP contribution in [0.4, 0.5) is 0 Å². The van der Waals surface area contributed by atoms with E-state index in [1.807, 2.05) is 13.8 Å². The predicted molar refractivity (Wildman–Crippen MR) is 63.3 cm³/mol. The van der Waals surface area contributed by atoms with E-state index < -0.39 is 0 Å². The minimum absolute atomic E-state index is 0.0603. The Labute approximate surface area is 97.9 Å². The van der Waals surface area contributed by atoms with Gasteiger partial charge in [0.25, 0.3) is 5.56 Å². The zero-order valence-electron chi connectivity index (χ0n) is 9.12. The number of aromatic amines is 1. The molecule has 0 unspecified atom stereocenters. The Morgan fingerprint density at radius 2 is 2.31 bits per heavy atom. The highest BCUT2D eigenvalue weighted by atomic mass is 35.5. The first-order valence-electron chi connectivity index (χ1n) is 5.06. The maximum absolute atomic E-state index is 12.0. The maximum atomic E-state index is 12.0. The van der Waals surface area contributed by atoms with Crippen LogP contribution in [0.15, 0.2) is 23.1 Å². The average Bonchev–Trinajstić information content (AvgIpc) is 2.55. The second-order valence-corrected chi connectivity index (χ2v) is 3.88. The summed E-state index contributed by atoms with van der Waals surface area (Å²) in [4.78, 5) is 16.0. The molecular formula is C11H12ClN3O. The molecule has 2 heterocycles. The van der Waals surface area contributed by atoms with Gasteiger partial charge in [-0.2, -0.15) is 0 Å². The first-order valence-corrected chi connectivity index (χ1v) is 5.44. The number of nitrogens with one attached hydrogen (secondary N) is 1. The molecule has 0 spiro atoms. The van der Waals surface area contributed by atoms with Crippen molar-refractivity contribution in [2.45, 2.75) is 20.3 Å². The molecule has 16 heavy (non-hydrogen) atoms. The van der Waals surface area contributed by atoms with Crippen molar-refractivity contribution in [2.24, 2.45) is 0 Å². The van der Waals surface area contributed by atoms with Crippen LogP contribution in [0.5, 0.6) is 0 Å². The van der Waals surface area contributed by atoms with Gasteiger partial charge in [0.15, 0.2) is 5.15 Å².